The first-order valence-corrected chi connectivity index (χ1v) is 13.8. The summed E-state index contributed by atoms with van der Waals surface area (Å²) in [6.45, 7) is 3.66. The van der Waals surface area contributed by atoms with Gasteiger partial charge in [-0.3, -0.25) is 47.9 Å². The summed E-state index contributed by atoms with van der Waals surface area (Å²) in [5, 5.41) is 84.9. The zero-order valence-electron chi connectivity index (χ0n) is 25.9. The van der Waals surface area contributed by atoms with Gasteiger partial charge in [0.1, 0.15) is 25.2 Å². The van der Waals surface area contributed by atoms with Gasteiger partial charge in [-0.1, -0.05) is 6.92 Å². The van der Waals surface area contributed by atoms with Crippen LogP contribution in [0.25, 0.3) is 0 Å². The summed E-state index contributed by atoms with van der Waals surface area (Å²) in [4.78, 5) is 22.4. The van der Waals surface area contributed by atoms with Crippen molar-refractivity contribution in [3.8, 4) is 0 Å². The molecule has 8 atom stereocenters. The third kappa shape index (κ3) is 16.3. The summed E-state index contributed by atoms with van der Waals surface area (Å²) in [6.07, 6.45) is -2.44. The Hall–Kier alpha value is 0.132. The van der Waals surface area contributed by atoms with Gasteiger partial charge in [0.05, 0.1) is 31.0 Å². The number of aliphatic hydroxyl groups excluding tert-OH is 3. The molecule has 0 bridgehead atoms. The number of rotatable bonds is 17. The smallest absolute Gasteiger partial charge is 0.550 e. The molecule has 22 heteroatoms. The molecule has 2 aliphatic heterocycles. The number of carboxylic acids is 2. The van der Waals surface area contributed by atoms with Crippen molar-refractivity contribution >= 4 is 11.9 Å². The van der Waals surface area contributed by atoms with Crippen LogP contribution in [0.5, 0.6) is 0 Å². The fourth-order valence-corrected chi connectivity index (χ4v) is 4.73. The Labute approximate surface area is 293 Å². The summed E-state index contributed by atoms with van der Waals surface area (Å²) in [5.41, 5.74) is 0. The maximum atomic E-state index is 11.4. The van der Waals surface area contributed by atoms with Crippen LogP contribution in [0.3, 0.4) is 0 Å². The molecule has 2 saturated heterocycles. The zero-order valence-corrected chi connectivity index (χ0v) is 25.9. The molecule has 44 heavy (non-hydrogen) atoms. The first-order chi connectivity index (χ1) is 19.6. The van der Waals surface area contributed by atoms with Gasteiger partial charge in [0.25, 0.3) is 0 Å². The molecule has 3 aliphatic rings. The van der Waals surface area contributed by atoms with E-state index in [1.165, 1.54) is 0 Å². The van der Waals surface area contributed by atoms with Crippen molar-refractivity contribution in [1.82, 2.24) is 58.5 Å². The number of nitrogens with one attached hydrogen (secondary N) is 11. The van der Waals surface area contributed by atoms with Crippen LogP contribution in [0.1, 0.15) is 39.0 Å². The number of ether oxygens (including phenoxy) is 1. The minimum Gasteiger partial charge on any atom is -0.550 e. The van der Waals surface area contributed by atoms with Gasteiger partial charge in [-0.05, 0) is 32.2 Å². The monoisotopic (exact) mass is 611 g/mol. The van der Waals surface area contributed by atoms with Crippen LogP contribution in [-0.2, 0) is 14.3 Å². The van der Waals surface area contributed by atoms with E-state index < -0.39 is 68.7 Å². The van der Waals surface area contributed by atoms with Crippen LogP contribution >= 0.6 is 0 Å². The Morgan fingerprint density at radius 1 is 0.909 bits per heavy atom. The molecule has 0 aromatic carbocycles. The van der Waals surface area contributed by atoms with Gasteiger partial charge in [0, 0.05) is 31.0 Å². The Morgan fingerprint density at radius 2 is 1.50 bits per heavy atom. The van der Waals surface area contributed by atoms with Crippen molar-refractivity contribution in [2.75, 3.05) is 19.7 Å². The van der Waals surface area contributed by atoms with Gasteiger partial charge >= 0.3 is 56.6 Å². The van der Waals surface area contributed by atoms with E-state index in [-0.39, 0.29) is 81.5 Å². The number of carbonyl (C=O) groups excluding carboxylic acids is 2. The van der Waals surface area contributed by atoms with Crippen molar-refractivity contribution in [1.29, 1.82) is 0 Å². The van der Waals surface area contributed by atoms with E-state index in [4.69, 9.17) is 9.84 Å². The Balaban J connectivity index is 0.00000616. The van der Waals surface area contributed by atoms with E-state index >= 15 is 0 Å². The van der Waals surface area contributed by atoms with E-state index in [0.717, 1.165) is 25.7 Å². The molecule has 2 heterocycles. The third-order valence-electron chi connectivity index (χ3n) is 6.77. The SMILES string of the molecule is CCNC(O)OC1N[CH-]NC(NC2CCC(NC3NC(NCC(O)CO)NC(NC(CC(=O)[O-])C(=O)[O-])N3)CC2)N1.[Li+].[Li+].[Li+]. The number of aliphatic hydroxyl groups is 3. The first-order valence-electron chi connectivity index (χ1n) is 13.8. The molecule has 0 aromatic rings. The molecule has 0 aromatic heterocycles. The molecule has 1 aliphatic carbocycles. The maximum absolute atomic E-state index is 11.4. The predicted molar refractivity (Wildman–Crippen MR) is 138 cm³/mol. The molecular formula is C22H44Li3N11O8. The van der Waals surface area contributed by atoms with Crippen molar-refractivity contribution in [2.45, 2.75) is 101 Å². The normalized spacial score (nSPS) is 30.9. The minimum atomic E-state index is -1.59. The molecule has 0 radical (unpaired) electrons. The molecule has 19 nitrogen and oxygen atoms in total. The van der Waals surface area contributed by atoms with E-state index in [0.29, 0.717) is 6.54 Å². The number of hydrogen-bond donors (Lipinski definition) is 14. The fourth-order valence-electron chi connectivity index (χ4n) is 4.73. The van der Waals surface area contributed by atoms with E-state index in [2.05, 4.69) is 58.5 Å². The van der Waals surface area contributed by atoms with Crippen molar-refractivity contribution in [2.24, 2.45) is 0 Å². The average Bonchev–Trinajstić information content (AvgIpc) is 2.92. The number of aliphatic carboxylic acids is 2. The van der Waals surface area contributed by atoms with E-state index in [1.54, 1.807) is 6.67 Å². The second kappa shape index (κ2) is 23.5. The van der Waals surface area contributed by atoms with Crippen LogP contribution < -0.4 is 125 Å². The molecule has 1 saturated carbocycles. The van der Waals surface area contributed by atoms with Gasteiger partial charge in [-0.15, -0.1) is 0 Å². The first kappa shape index (κ1) is 44.1. The predicted octanol–water partition coefficient (Wildman–Crippen LogP) is -17.7. The summed E-state index contributed by atoms with van der Waals surface area (Å²) in [6, 6.07) is -1.21. The Morgan fingerprint density at radius 3 is 2.07 bits per heavy atom. The van der Waals surface area contributed by atoms with Crippen LogP contribution in [0.4, 0.5) is 0 Å². The average molecular weight is 611 g/mol. The number of hydrogen-bond acceptors (Lipinski definition) is 19. The summed E-state index contributed by atoms with van der Waals surface area (Å²) >= 11 is 0. The van der Waals surface area contributed by atoms with Crippen LogP contribution in [-0.4, -0.2) is 109 Å². The van der Waals surface area contributed by atoms with Gasteiger partial charge in [-0.25, -0.2) is 6.67 Å². The van der Waals surface area contributed by atoms with Crippen LogP contribution in [0.15, 0.2) is 0 Å². The van der Waals surface area contributed by atoms with Crippen molar-refractivity contribution in [3.63, 3.8) is 0 Å². The molecule has 238 valence electrons. The number of carbonyl (C=O) groups is 2. The quantitative estimate of drug-likeness (QED) is 0.0413. The van der Waals surface area contributed by atoms with Gasteiger partial charge in [0.2, 0.25) is 6.41 Å². The van der Waals surface area contributed by atoms with Crippen LogP contribution in [0.2, 0.25) is 0 Å². The third-order valence-corrected chi connectivity index (χ3v) is 6.77. The van der Waals surface area contributed by atoms with Crippen molar-refractivity contribution in [3.05, 3.63) is 6.67 Å². The molecule has 0 spiro atoms. The second-order valence-electron chi connectivity index (χ2n) is 10.0. The second-order valence-corrected chi connectivity index (χ2v) is 10.0. The van der Waals surface area contributed by atoms with Gasteiger partial charge in [0.15, 0.2) is 0 Å². The van der Waals surface area contributed by atoms with E-state index in [9.17, 15) is 30.0 Å². The van der Waals surface area contributed by atoms with Crippen molar-refractivity contribution < 1.29 is 96.4 Å². The molecular weight excluding hydrogens is 567 g/mol. The standard InChI is InChI=1S/C22H46N11O8.3Li/c1-2-23-22(40)41-21-26-10-25-18(33-21)27-11-3-5-12(6-4-11)28-19-30-17(24-8-13(35)9-34)31-20(32-19)29-14(16(38)39)7-15(36)37;;;/h10-14,17-35,40H,2-9H2,1H3,(H,36,37)(H,38,39);;;/q-1;3*+1/p-2. The summed E-state index contributed by atoms with van der Waals surface area (Å²) < 4.78 is 5.44. The largest absolute Gasteiger partial charge is 1.00 e. The summed E-state index contributed by atoms with van der Waals surface area (Å²) in [5.74, 6) is -3.13. The maximum Gasteiger partial charge on any atom is 1.00 e. The van der Waals surface area contributed by atoms with Crippen LogP contribution in [0, 0.1) is 6.67 Å². The number of carboxylic acid groups (broad SMARTS) is 2. The molecule has 3 rings (SSSR count). The summed E-state index contributed by atoms with van der Waals surface area (Å²) in [7, 11) is 0. The molecule has 14 N–H and O–H groups in total. The fraction of sp³-hybridized carbons (Fsp3) is 0.864. The van der Waals surface area contributed by atoms with E-state index in [1.807, 2.05) is 6.92 Å². The minimum absolute atomic E-state index is 0. The van der Waals surface area contributed by atoms with Gasteiger partial charge < -0.3 is 50.5 Å². The molecule has 3 fully saturated rings. The molecule has 8 unspecified atom stereocenters. The Kier molecular flexibility index (Phi) is 23.5. The Bertz CT molecular complexity index is 812. The zero-order chi connectivity index (χ0) is 29.8. The van der Waals surface area contributed by atoms with Gasteiger partial charge in [-0.2, -0.15) is 0 Å². The molecule has 0 amide bonds. The topological polar surface area (TPSA) is 283 Å².